The SMILES string of the molecule is CCCCCCC1CCC(/C=C/C#C/C=C/c2ccc(CCC)cc2)CC1. The smallest absolute Gasteiger partial charge is 0.0109 e. The Balaban J connectivity index is 1.65. The molecule has 0 bridgehead atoms. The minimum atomic E-state index is 0.751. The highest BCUT2D eigenvalue weighted by Crippen LogP contribution is 2.32. The largest absolute Gasteiger partial charge is 0.0730 e. The molecule has 1 aromatic rings. The van der Waals surface area contributed by atoms with Gasteiger partial charge in [-0.3, -0.25) is 0 Å². The Hall–Kier alpha value is -1.74. The number of allylic oxidation sites excluding steroid dienone is 3. The lowest BCUT2D eigenvalue weighted by Crippen LogP contribution is -2.12. The van der Waals surface area contributed by atoms with E-state index in [9.17, 15) is 0 Å². The quantitative estimate of drug-likeness (QED) is 0.308. The number of rotatable bonds is 9. The molecule has 0 aliphatic heterocycles. The molecule has 0 N–H and O–H groups in total. The predicted molar refractivity (Wildman–Crippen MR) is 121 cm³/mol. The molecular formula is C27H38. The molecule has 146 valence electrons. The van der Waals surface area contributed by atoms with E-state index in [0.717, 1.165) is 18.3 Å². The summed E-state index contributed by atoms with van der Waals surface area (Å²) in [5.41, 5.74) is 2.64. The zero-order valence-corrected chi connectivity index (χ0v) is 17.6. The normalized spacial score (nSPS) is 20.1. The van der Waals surface area contributed by atoms with E-state index < -0.39 is 0 Å². The van der Waals surface area contributed by atoms with Crippen molar-refractivity contribution >= 4 is 6.08 Å². The van der Waals surface area contributed by atoms with E-state index in [-0.39, 0.29) is 0 Å². The van der Waals surface area contributed by atoms with Crippen molar-refractivity contribution in [2.75, 3.05) is 0 Å². The van der Waals surface area contributed by atoms with Gasteiger partial charge in [0.1, 0.15) is 0 Å². The number of benzene rings is 1. The molecule has 0 unspecified atom stereocenters. The molecule has 0 aromatic heterocycles. The van der Waals surface area contributed by atoms with Gasteiger partial charge in [-0.05, 0) is 73.3 Å². The van der Waals surface area contributed by atoms with Crippen LogP contribution in [0.3, 0.4) is 0 Å². The third-order valence-corrected chi connectivity index (χ3v) is 5.77. The average molecular weight is 363 g/mol. The first-order valence-electron chi connectivity index (χ1n) is 11.2. The summed E-state index contributed by atoms with van der Waals surface area (Å²) in [5.74, 6) is 8.06. The topological polar surface area (TPSA) is 0 Å². The summed E-state index contributed by atoms with van der Waals surface area (Å²) >= 11 is 0. The number of hydrogen-bond acceptors (Lipinski definition) is 0. The molecule has 0 spiro atoms. The lowest BCUT2D eigenvalue weighted by Gasteiger charge is -2.26. The summed E-state index contributed by atoms with van der Waals surface area (Å²) in [6.07, 6.45) is 23.5. The van der Waals surface area contributed by atoms with Crippen LogP contribution in [0.2, 0.25) is 0 Å². The van der Waals surface area contributed by atoms with Crippen LogP contribution in [0, 0.1) is 23.7 Å². The van der Waals surface area contributed by atoms with Crippen LogP contribution in [0.1, 0.15) is 89.2 Å². The summed E-state index contributed by atoms with van der Waals surface area (Å²) in [7, 11) is 0. The molecule has 27 heavy (non-hydrogen) atoms. The zero-order valence-electron chi connectivity index (χ0n) is 17.6. The summed E-state index contributed by atoms with van der Waals surface area (Å²) in [6, 6.07) is 8.80. The average Bonchev–Trinajstić information content (AvgIpc) is 2.70. The number of aryl methyl sites for hydroxylation is 1. The molecule has 2 rings (SSSR count). The van der Waals surface area contributed by atoms with Gasteiger partial charge in [-0.25, -0.2) is 0 Å². The Kier molecular flexibility index (Phi) is 10.7. The van der Waals surface area contributed by atoms with Crippen molar-refractivity contribution in [1.82, 2.24) is 0 Å². The van der Waals surface area contributed by atoms with Gasteiger partial charge in [0.15, 0.2) is 0 Å². The molecule has 0 atom stereocenters. The van der Waals surface area contributed by atoms with Gasteiger partial charge in [0, 0.05) is 0 Å². The van der Waals surface area contributed by atoms with E-state index in [0.29, 0.717) is 0 Å². The van der Waals surface area contributed by atoms with Crippen molar-refractivity contribution in [3.05, 3.63) is 53.6 Å². The highest BCUT2D eigenvalue weighted by atomic mass is 14.2. The van der Waals surface area contributed by atoms with Crippen molar-refractivity contribution in [3.8, 4) is 11.8 Å². The molecular weight excluding hydrogens is 324 g/mol. The van der Waals surface area contributed by atoms with Crippen molar-refractivity contribution in [3.63, 3.8) is 0 Å². The number of unbranched alkanes of at least 4 members (excludes halogenated alkanes) is 3. The van der Waals surface area contributed by atoms with Crippen LogP contribution in [0.4, 0.5) is 0 Å². The van der Waals surface area contributed by atoms with Crippen molar-refractivity contribution in [2.24, 2.45) is 11.8 Å². The zero-order chi connectivity index (χ0) is 19.2. The highest BCUT2D eigenvalue weighted by Gasteiger charge is 2.18. The standard InChI is InChI=1S/C27H38/c1-3-5-6-9-13-25-20-22-27(23-21-25)15-11-8-7-10-14-26-18-16-24(12-4-2)17-19-26/h10-11,14-19,25,27H,3-6,9,12-13,20-23H2,1-2H3/b14-10+,15-11+. The molecule has 0 heterocycles. The van der Waals surface area contributed by atoms with Gasteiger partial charge >= 0.3 is 0 Å². The molecule has 0 saturated heterocycles. The fourth-order valence-corrected chi connectivity index (χ4v) is 4.03. The molecule has 1 fully saturated rings. The molecule has 0 heteroatoms. The van der Waals surface area contributed by atoms with Crippen LogP contribution in [0.25, 0.3) is 6.08 Å². The first-order valence-corrected chi connectivity index (χ1v) is 11.2. The molecule has 1 aliphatic rings. The van der Waals surface area contributed by atoms with Crippen LogP contribution in [0.5, 0.6) is 0 Å². The second-order valence-electron chi connectivity index (χ2n) is 8.10. The van der Waals surface area contributed by atoms with Crippen molar-refractivity contribution < 1.29 is 0 Å². The highest BCUT2D eigenvalue weighted by molar-refractivity contribution is 5.53. The Labute approximate surface area is 168 Å². The summed E-state index contributed by atoms with van der Waals surface area (Å²) in [6.45, 7) is 4.51. The maximum atomic E-state index is 3.18. The fourth-order valence-electron chi connectivity index (χ4n) is 4.03. The molecule has 1 aromatic carbocycles. The summed E-state index contributed by atoms with van der Waals surface area (Å²) in [5, 5.41) is 0. The maximum absolute atomic E-state index is 3.18. The van der Waals surface area contributed by atoms with Gasteiger partial charge in [0.25, 0.3) is 0 Å². The second kappa shape index (κ2) is 13.4. The summed E-state index contributed by atoms with van der Waals surface area (Å²) in [4.78, 5) is 0. The van der Waals surface area contributed by atoms with E-state index >= 15 is 0 Å². The Morgan fingerprint density at radius 3 is 2.30 bits per heavy atom. The Morgan fingerprint density at radius 1 is 0.852 bits per heavy atom. The van der Waals surface area contributed by atoms with Gasteiger partial charge < -0.3 is 0 Å². The second-order valence-corrected chi connectivity index (χ2v) is 8.10. The van der Waals surface area contributed by atoms with E-state index in [4.69, 9.17) is 0 Å². The van der Waals surface area contributed by atoms with Gasteiger partial charge in [-0.1, -0.05) is 94.6 Å². The van der Waals surface area contributed by atoms with E-state index in [1.54, 1.807) is 0 Å². The van der Waals surface area contributed by atoms with Gasteiger partial charge in [-0.2, -0.15) is 0 Å². The van der Waals surface area contributed by atoms with E-state index in [1.165, 1.54) is 75.3 Å². The van der Waals surface area contributed by atoms with Crippen LogP contribution in [-0.2, 0) is 6.42 Å². The fraction of sp³-hybridized carbons (Fsp3) is 0.556. The lowest BCUT2D eigenvalue weighted by atomic mass is 9.79. The Bertz CT molecular complexity index is 612. The van der Waals surface area contributed by atoms with Crippen LogP contribution >= 0.6 is 0 Å². The number of hydrogen-bond donors (Lipinski definition) is 0. The van der Waals surface area contributed by atoms with Gasteiger partial charge in [-0.15, -0.1) is 0 Å². The van der Waals surface area contributed by atoms with Crippen LogP contribution in [0.15, 0.2) is 42.5 Å². The van der Waals surface area contributed by atoms with Crippen molar-refractivity contribution in [1.29, 1.82) is 0 Å². The monoisotopic (exact) mass is 362 g/mol. The minimum absolute atomic E-state index is 0.751. The molecule has 0 radical (unpaired) electrons. The summed E-state index contributed by atoms with van der Waals surface area (Å²) < 4.78 is 0. The van der Waals surface area contributed by atoms with Crippen LogP contribution in [-0.4, -0.2) is 0 Å². The third kappa shape index (κ3) is 9.14. The molecule has 0 nitrogen and oxygen atoms in total. The molecule has 1 aliphatic carbocycles. The van der Waals surface area contributed by atoms with Crippen LogP contribution < -0.4 is 0 Å². The molecule has 0 amide bonds. The van der Waals surface area contributed by atoms with Gasteiger partial charge in [0.05, 0.1) is 0 Å². The maximum Gasteiger partial charge on any atom is -0.0109 e. The minimum Gasteiger partial charge on any atom is -0.0730 e. The van der Waals surface area contributed by atoms with Crippen molar-refractivity contribution in [2.45, 2.75) is 84.5 Å². The molecule has 1 saturated carbocycles. The lowest BCUT2D eigenvalue weighted by molar-refractivity contribution is 0.289. The first kappa shape index (κ1) is 21.6. The van der Waals surface area contributed by atoms with E-state index in [2.05, 4.69) is 68.2 Å². The first-order chi connectivity index (χ1) is 13.3. The predicted octanol–water partition coefficient (Wildman–Crippen LogP) is 7.99. The van der Waals surface area contributed by atoms with E-state index in [1.807, 2.05) is 6.08 Å². The third-order valence-electron chi connectivity index (χ3n) is 5.77. The van der Waals surface area contributed by atoms with Gasteiger partial charge in [0.2, 0.25) is 0 Å². The Morgan fingerprint density at radius 2 is 1.59 bits per heavy atom.